The van der Waals surface area contributed by atoms with E-state index in [1.165, 1.54) is 0 Å². The number of nitrogens with one attached hydrogen (secondary N) is 1. The molecule has 0 aliphatic rings. The third-order valence-corrected chi connectivity index (χ3v) is 6.98. The van der Waals surface area contributed by atoms with Crippen molar-refractivity contribution >= 4 is 35.1 Å². The van der Waals surface area contributed by atoms with Crippen molar-refractivity contribution in [3.63, 3.8) is 0 Å². The first-order valence-corrected chi connectivity index (χ1v) is 13.9. The number of Topliss-reactive ketones (excluding diaryl/α,β-unsaturated/α-hetero) is 1. The van der Waals surface area contributed by atoms with Crippen LogP contribution in [0.1, 0.15) is 42.1 Å². The summed E-state index contributed by atoms with van der Waals surface area (Å²) < 4.78 is 11.1. The van der Waals surface area contributed by atoms with Crippen molar-refractivity contribution in [2.24, 2.45) is 0 Å². The van der Waals surface area contributed by atoms with Gasteiger partial charge in [0.15, 0.2) is 6.10 Å². The molecule has 0 aliphatic carbocycles. The minimum absolute atomic E-state index is 0.0456. The molecular formula is C33H31NO5S. The molecule has 6 nitrogen and oxygen atoms in total. The number of ether oxygens (including phenoxy) is 2. The van der Waals surface area contributed by atoms with E-state index < -0.39 is 12.1 Å². The van der Waals surface area contributed by atoms with E-state index in [0.717, 1.165) is 15.4 Å². The predicted octanol–water partition coefficient (Wildman–Crippen LogP) is 7.34. The Bertz CT molecular complexity index is 1390. The fraction of sp³-hybridized carbons (Fsp3) is 0.182. The fourth-order valence-electron chi connectivity index (χ4n) is 3.85. The molecule has 0 aromatic heterocycles. The Hall–Kier alpha value is -4.36. The van der Waals surface area contributed by atoms with Crippen LogP contribution in [0.5, 0.6) is 5.75 Å². The van der Waals surface area contributed by atoms with E-state index in [1.807, 2.05) is 84.9 Å². The van der Waals surface area contributed by atoms with Gasteiger partial charge in [0.05, 0.1) is 0 Å². The Labute approximate surface area is 238 Å². The molecule has 0 fully saturated rings. The molecule has 204 valence electrons. The first-order chi connectivity index (χ1) is 19.5. The molecular weight excluding hydrogens is 522 g/mol. The maximum atomic E-state index is 12.7. The normalized spacial score (nSPS) is 11.3. The highest BCUT2D eigenvalue weighted by atomic mass is 32.2. The lowest BCUT2D eigenvalue weighted by molar-refractivity contribution is -0.146. The van der Waals surface area contributed by atoms with Crippen LogP contribution in [-0.4, -0.2) is 23.8 Å². The molecule has 0 radical (unpaired) electrons. The van der Waals surface area contributed by atoms with Crippen molar-refractivity contribution in [1.29, 1.82) is 0 Å². The lowest BCUT2D eigenvalue weighted by atomic mass is 10.1. The summed E-state index contributed by atoms with van der Waals surface area (Å²) in [6, 6.07) is 34.2. The second-order valence-corrected chi connectivity index (χ2v) is 10.3. The zero-order valence-electron chi connectivity index (χ0n) is 22.2. The van der Waals surface area contributed by atoms with Crippen LogP contribution in [0.25, 0.3) is 0 Å². The number of rotatable bonds is 13. The molecule has 7 heteroatoms. The zero-order valence-corrected chi connectivity index (χ0v) is 23.1. The maximum absolute atomic E-state index is 12.7. The second-order valence-electron chi connectivity index (χ2n) is 9.14. The van der Waals surface area contributed by atoms with Crippen molar-refractivity contribution in [3.8, 4) is 5.75 Å². The summed E-state index contributed by atoms with van der Waals surface area (Å²) in [4.78, 5) is 39.5. The molecule has 1 unspecified atom stereocenters. The van der Waals surface area contributed by atoms with Gasteiger partial charge >= 0.3 is 5.97 Å². The largest absolute Gasteiger partial charge is 0.489 e. The lowest BCUT2D eigenvalue weighted by Crippen LogP contribution is -2.24. The quantitative estimate of drug-likeness (QED) is 0.138. The minimum atomic E-state index is -0.926. The molecule has 4 aromatic carbocycles. The molecule has 0 saturated carbocycles. The number of anilines is 1. The monoisotopic (exact) mass is 553 g/mol. The Morgan fingerprint density at radius 2 is 1.38 bits per heavy atom. The Kier molecular flexibility index (Phi) is 10.5. The summed E-state index contributed by atoms with van der Waals surface area (Å²) in [6.45, 7) is 1.98. The van der Waals surface area contributed by atoms with Gasteiger partial charge in [0.1, 0.15) is 12.4 Å². The van der Waals surface area contributed by atoms with E-state index in [9.17, 15) is 14.4 Å². The number of hydrogen-bond donors (Lipinski definition) is 1. The fourth-order valence-corrected chi connectivity index (χ4v) is 4.69. The summed E-state index contributed by atoms with van der Waals surface area (Å²) in [7, 11) is 0. The second kappa shape index (κ2) is 14.7. The summed E-state index contributed by atoms with van der Waals surface area (Å²) in [6.07, 6.45) is -0.391. The molecule has 1 N–H and O–H groups in total. The van der Waals surface area contributed by atoms with Crippen molar-refractivity contribution in [2.45, 2.75) is 48.7 Å². The molecule has 0 spiro atoms. The van der Waals surface area contributed by atoms with E-state index in [4.69, 9.17) is 9.47 Å². The van der Waals surface area contributed by atoms with Crippen molar-refractivity contribution in [1.82, 2.24) is 0 Å². The molecule has 4 rings (SSSR count). The molecule has 1 amide bonds. The summed E-state index contributed by atoms with van der Waals surface area (Å²) in [5.74, 6) is -0.353. The van der Waals surface area contributed by atoms with Crippen LogP contribution in [0, 0.1) is 0 Å². The predicted molar refractivity (Wildman–Crippen MR) is 157 cm³/mol. The molecule has 0 aliphatic heterocycles. The SMILES string of the molecule is CC(OC(=O)CCCC(=O)Nc1ccc(Sc2ccccc2)cc1)C(=O)c1ccc(OCc2ccccc2)cc1. The highest BCUT2D eigenvalue weighted by Crippen LogP contribution is 2.28. The Morgan fingerprint density at radius 1 is 0.750 bits per heavy atom. The van der Waals surface area contributed by atoms with Gasteiger partial charge in [-0.05, 0) is 79.6 Å². The van der Waals surface area contributed by atoms with Crippen LogP contribution < -0.4 is 10.1 Å². The van der Waals surface area contributed by atoms with E-state index in [1.54, 1.807) is 43.0 Å². The Balaban J connectivity index is 1.14. The van der Waals surface area contributed by atoms with Crippen molar-refractivity contribution in [2.75, 3.05) is 5.32 Å². The number of carbonyl (C=O) groups excluding carboxylic acids is 3. The van der Waals surface area contributed by atoms with Gasteiger partial charge in [-0.15, -0.1) is 0 Å². The van der Waals surface area contributed by atoms with Crippen molar-refractivity contribution < 1.29 is 23.9 Å². The van der Waals surface area contributed by atoms with E-state index in [-0.39, 0.29) is 24.5 Å². The van der Waals surface area contributed by atoms with Crippen LogP contribution in [-0.2, 0) is 20.9 Å². The molecule has 0 heterocycles. The van der Waals surface area contributed by atoms with Crippen LogP contribution in [0.15, 0.2) is 119 Å². The number of ketones is 1. The maximum Gasteiger partial charge on any atom is 0.306 e. The zero-order chi connectivity index (χ0) is 28.2. The van der Waals surface area contributed by atoms with Crippen LogP contribution in [0.2, 0.25) is 0 Å². The summed E-state index contributed by atoms with van der Waals surface area (Å²) >= 11 is 1.65. The molecule has 1 atom stereocenters. The average molecular weight is 554 g/mol. The average Bonchev–Trinajstić information content (AvgIpc) is 2.98. The first-order valence-electron chi connectivity index (χ1n) is 13.1. The number of amides is 1. The first kappa shape index (κ1) is 28.6. The van der Waals surface area contributed by atoms with Crippen molar-refractivity contribution in [3.05, 3.63) is 120 Å². The third-order valence-electron chi connectivity index (χ3n) is 5.97. The Morgan fingerprint density at radius 3 is 2.05 bits per heavy atom. The number of esters is 1. The molecule has 0 saturated heterocycles. The van der Waals surface area contributed by atoms with Gasteiger partial charge in [-0.2, -0.15) is 0 Å². The van der Waals surface area contributed by atoms with Gasteiger partial charge in [-0.3, -0.25) is 14.4 Å². The highest BCUT2D eigenvalue weighted by molar-refractivity contribution is 7.99. The molecule has 4 aromatic rings. The van der Waals surface area contributed by atoms with Gasteiger partial charge in [-0.1, -0.05) is 60.3 Å². The van der Waals surface area contributed by atoms with E-state index in [2.05, 4.69) is 5.32 Å². The van der Waals surface area contributed by atoms with Gasteiger partial charge in [0, 0.05) is 33.9 Å². The lowest BCUT2D eigenvalue weighted by Gasteiger charge is -2.13. The van der Waals surface area contributed by atoms with Gasteiger partial charge in [0.2, 0.25) is 11.7 Å². The van der Waals surface area contributed by atoms with Crippen LogP contribution in [0.4, 0.5) is 5.69 Å². The smallest absolute Gasteiger partial charge is 0.306 e. The summed E-state index contributed by atoms with van der Waals surface area (Å²) in [5.41, 5.74) is 2.17. The molecule has 0 bridgehead atoms. The van der Waals surface area contributed by atoms with Gasteiger partial charge in [-0.25, -0.2) is 0 Å². The van der Waals surface area contributed by atoms with E-state index in [0.29, 0.717) is 30.0 Å². The number of benzene rings is 4. The standard InChI is InChI=1S/C33H31NO5S/c1-24(33(37)26-15-19-28(20-16-26)38-23-25-9-4-2-5-10-25)39-32(36)14-8-13-31(35)34-27-17-21-30(22-18-27)40-29-11-6-3-7-12-29/h2-7,9-12,15-22,24H,8,13-14,23H2,1H3,(H,34,35). The third kappa shape index (κ3) is 9.13. The number of hydrogen-bond acceptors (Lipinski definition) is 6. The van der Waals surface area contributed by atoms with Gasteiger partial charge < -0.3 is 14.8 Å². The number of carbonyl (C=O) groups is 3. The minimum Gasteiger partial charge on any atom is -0.489 e. The molecule has 40 heavy (non-hydrogen) atoms. The van der Waals surface area contributed by atoms with Gasteiger partial charge in [0.25, 0.3) is 0 Å². The summed E-state index contributed by atoms with van der Waals surface area (Å²) in [5, 5.41) is 2.85. The topological polar surface area (TPSA) is 81.7 Å². The van der Waals surface area contributed by atoms with Crippen LogP contribution in [0.3, 0.4) is 0 Å². The van der Waals surface area contributed by atoms with Crippen LogP contribution >= 0.6 is 11.8 Å². The highest BCUT2D eigenvalue weighted by Gasteiger charge is 2.19. The van der Waals surface area contributed by atoms with E-state index >= 15 is 0 Å².